The molecular formula is C27H37ClN4O3. The third-order valence-electron chi connectivity index (χ3n) is 6.84. The zero-order valence-electron chi connectivity index (χ0n) is 20.9. The third-order valence-corrected chi connectivity index (χ3v) is 7.14. The van der Waals surface area contributed by atoms with Crippen LogP contribution in [-0.4, -0.2) is 62.4 Å². The van der Waals surface area contributed by atoms with Crippen molar-refractivity contribution < 1.29 is 14.3 Å². The van der Waals surface area contributed by atoms with E-state index in [-0.39, 0.29) is 18.2 Å². The fourth-order valence-corrected chi connectivity index (χ4v) is 5.34. The van der Waals surface area contributed by atoms with E-state index in [1.165, 1.54) is 5.69 Å². The molecule has 0 spiro atoms. The van der Waals surface area contributed by atoms with Crippen molar-refractivity contribution in [3.05, 3.63) is 47.5 Å². The predicted molar refractivity (Wildman–Crippen MR) is 142 cm³/mol. The first-order valence-corrected chi connectivity index (χ1v) is 13.0. The lowest BCUT2D eigenvalue weighted by Gasteiger charge is -2.43. The summed E-state index contributed by atoms with van der Waals surface area (Å²) in [6, 6.07) is 14.2. The van der Waals surface area contributed by atoms with E-state index in [9.17, 15) is 4.79 Å². The van der Waals surface area contributed by atoms with Crippen LogP contribution >= 0.6 is 11.6 Å². The summed E-state index contributed by atoms with van der Waals surface area (Å²) in [5.74, 6) is 1.56. The summed E-state index contributed by atoms with van der Waals surface area (Å²) in [4.78, 5) is 17.5. The molecule has 1 aliphatic heterocycles. The number of halogens is 1. The molecule has 1 saturated carbocycles. The van der Waals surface area contributed by atoms with Gasteiger partial charge in [-0.1, -0.05) is 23.7 Å². The highest BCUT2D eigenvalue weighted by molar-refractivity contribution is 6.32. The monoisotopic (exact) mass is 500 g/mol. The van der Waals surface area contributed by atoms with Crippen LogP contribution in [0, 0.1) is 0 Å². The van der Waals surface area contributed by atoms with Crippen molar-refractivity contribution in [2.45, 2.75) is 57.7 Å². The van der Waals surface area contributed by atoms with Crippen molar-refractivity contribution in [2.24, 2.45) is 0 Å². The van der Waals surface area contributed by atoms with E-state index in [1.807, 2.05) is 6.07 Å². The van der Waals surface area contributed by atoms with Gasteiger partial charge in [0.1, 0.15) is 11.5 Å². The number of nitrogens with zero attached hydrogens (tertiary/aromatic N) is 2. The van der Waals surface area contributed by atoms with Gasteiger partial charge in [0.2, 0.25) is 0 Å². The number of hydrogen-bond donors (Lipinski definition) is 2. The Bertz CT molecular complexity index is 986. The molecule has 35 heavy (non-hydrogen) atoms. The molecule has 1 saturated heterocycles. The largest absolute Gasteiger partial charge is 0.495 e. The molecular weight excluding hydrogens is 464 g/mol. The number of amides is 2. The molecule has 2 aromatic carbocycles. The fraction of sp³-hybridized carbons (Fsp3) is 0.519. The van der Waals surface area contributed by atoms with E-state index in [4.69, 9.17) is 21.1 Å². The van der Waals surface area contributed by atoms with E-state index in [2.05, 4.69) is 52.5 Å². The van der Waals surface area contributed by atoms with Gasteiger partial charge in [0.05, 0.1) is 23.9 Å². The first-order valence-electron chi connectivity index (χ1n) is 12.6. The van der Waals surface area contributed by atoms with Crippen molar-refractivity contribution in [1.82, 2.24) is 10.2 Å². The lowest BCUT2D eigenvalue weighted by molar-refractivity contribution is 0.137. The van der Waals surface area contributed by atoms with Gasteiger partial charge >= 0.3 is 6.03 Å². The van der Waals surface area contributed by atoms with Crippen molar-refractivity contribution >= 4 is 29.0 Å². The number of methoxy groups -OCH3 is 1. The lowest BCUT2D eigenvalue weighted by Crippen LogP contribution is -2.52. The maximum Gasteiger partial charge on any atom is 0.319 e. The van der Waals surface area contributed by atoms with Gasteiger partial charge in [0.15, 0.2) is 0 Å². The molecule has 8 heteroatoms. The fourth-order valence-electron chi connectivity index (χ4n) is 5.08. The molecule has 4 rings (SSSR count). The second-order valence-corrected chi connectivity index (χ2v) is 10.0. The first kappa shape index (κ1) is 25.5. The number of para-hydroxylation sites is 2. The minimum atomic E-state index is -0.189. The molecule has 1 heterocycles. The zero-order chi connectivity index (χ0) is 24.8. The third kappa shape index (κ3) is 6.73. The molecule has 0 radical (unpaired) electrons. The minimum absolute atomic E-state index is 0.164. The van der Waals surface area contributed by atoms with Crippen molar-refractivity contribution in [3.8, 4) is 11.5 Å². The summed E-state index contributed by atoms with van der Waals surface area (Å²) >= 11 is 6.16. The molecule has 7 nitrogen and oxygen atoms in total. The van der Waals surface area contributed by atoms with Gasteiger partial charge in [-0.15, -0.1) is 0 Å². The van der Waals surface area contributed by atoms with Crippen LogP contribution in [0.2, 0.25) is 5.02 Å². The SMILES string of the molecule is COc1ccc(NC(=O)N[C@H]2CC[C@@H](N3CCN(c4ccccc4OC(C)C)CC3)CC2)cc1Cl. The predicted octanol–water partition coefficient (Wildman–Crippen LogP) is 5.39. The van der Waals surface area contributed by atoms with Gasteiger partial charge in [-0.25, -0.2) is 4.79 Å². The quantitative estimate of drug-likeness (QED) is 0.533. The molecule has 0 atom stereocenters. The van der Waals surface area contributed by atoms with Gasteiger partial charge in [0.25, 0.3) is 0 Å². The van der Waals surface area contributed by atoms with Crippen LogP contribution in [0.5, 0.6) is 11.5 Å². The highest BCUT2D eigenvalue weighted by Crippen LogP contribution is 2.31. The van der Waals surface area contributed by atoms with Crippen LogP contribution < -0.4 is 25.0 Å². The van der Waals surface area contributed by atoms with E-state index in [0.29, 0.717) is 22.5 Å². The highest BCUT2D eigenvalue weighted by atomic mass is 35.5. The maximum absolute atomic E-state index is 12.5. The second kappa shape index (κ2) is 11.9. The Morgan fingerprint density at radius 3 is 2.37 bits per heavy atom. The summed E-state index contributed by atoms with van der Waals surface area (Å²) in [6.07, 6.45) is 4.36. The molecule has 2 N–H and O–H groups in total. The zero-order valence-corrected chi connectivity index (χ0v) is 21.7. The Kier molecular flexibility index (Phi) is 8.63. The van der Waals surface area contributed by atoms with E-state index >= 15 is 0 Å². The van der Waals surface area contributed by atoms with Gasteiger partial charge in [0, 0.05) is 44.0 Å². The van der Waals surface area contributed by atoms with E-state index in [1.54, 1.807) is 25.3 Å². The normalized spacial score (nSPS) is 21.0. The Morgan fingerprint density at radius 2 is 1.71 bits per heavy atom. The summed E-state index contributed by atoms with van der Waals surface area (Å²) in [6.45, 7) is 8.25. The topological polar surface area (TPSA) is 66.1 Å². The Morgan fingerprint density at radius 1 is 1.00 bits per heavy atom. The highest BCUT2D eigenvalue weighted by Gasteiger charge is 2.29. The molecule has 2 amide bonds. The molecule has 0 bridgehead atoms. The molecule has 0 aromatic heterocycles. The number of ether oxygens (including phenoxy) is 2. The van der Waals surface area contributed by atoms with E-state index < -0.39 is 0 Å². The standard InChI is InChI=1S/C27H37ClN4O3/c1-19(2)35-26-7-5-4-6-24(26)32-16-14-31(15-17-32)22-11-8-20(9-12-22)29-27(33)30-21-10-13-25(34-3)23(28)18-21/h4-7,10,13,18-20,22H,8-9,11-12,14-17H2,1-3H3,(H2,29,30,33)/t20-,22+. The number of nitrogens with one attached hydrogen (secondary N) is 2. The van der Waals surface area contributed by atoms with Gasteiger partial charge in [-0.3, -0.25) is 4.90 Å². The Balaban J connectivity index is 1.21. The van der Waals surface area contributed by atoms with Gasteiger partial charge < -0.3 is 25.0 Å². The number of carbonyl (C=O) groups is 1. The van der Waals surface area contributed by atoms with Crippen LogP contribution in [0.1, 0.15) is 39.5 Å². The molecule has 1 aliphatic carbocycles. The molecule has 2 aromatic rings. The average molecular weight is 501 g/mol. The number of anilines is 2. The van der Waals surface area contributed by atoms with Crippen LogP contribution in [0.15, 0.2) is 42.5 Å². The summed E-state index contributed by atoms with van der Waals surface area (Å²) in [7, 11) is 1.57. The van der Waals surface area contributed by atoms with Crippen LogP contribution in [0.4, 0.5) is 16.2 Å². The Hall–Kier alpha value is -2.64. The summed E-state index contributed by atoms with van der Waals surface area (Å²) in [5, 5.41) is 6.47. The number of piperazine rings is 1. The van der Waals surface area contributed by atoms with Gasteiger partial charge in [-0.05, 0) is 69.9 Å². The summed E-state index contributed by atoms with van der Waals surface area (Å²) in [5.41, 5.74) is 1.85. The average Bonchev–Trinajstić information content (AvgIpc) is 2.85. The number of benzene rings is 2. The number of carbonyl (C=O) groups excluding carboxylic acids is 1. The van der Waals surface area contributed by atoms with Crippen molar-refractivity contribution in [3.63, 3.8) is 0 Å². The minimum Gasteiger partial charge on any atom is -0.495 e. The van der Waals surface area contributed by atoms with E-state index in [0.717, 1.165) is 57.6 Å². The van der Waals surface area contributed by atoms with Crippen LogP contribution in [-0.2, 0) is 0 Å². The lowest BCUT2D eigenvalue weighted by atomic mass is 9.90. The second-order valence-electron chi connectivity index (χ2n) is 9.61. The first-order chi connectivity index (χ1) is 16.9. The Labute approximate surface area is 213 Å². The summed E-state index contributed by atoms with van der Waals surface area (Å²) < 4.78 is 11.2. The number of rotatable bonds is 7. The molecule has 190 valence electrons. The maximum atomic E-state index is 12.5. The smallest absolute Gasteiger partial charge is 0.319 e. The number of hydrogen-bond acceptors (Lipinski definition) is 5. The van der Waals surface area contributed by atoms with Crippen LogP contribution in [0.25, 0.3) is 0 Å². The van der Waals surface area contributed by atoms with Gasteiger partial charge in [-0.2, -0.15) is 0 Å². The number of urea groups is 1. The van der Waals surface area contributed by atoms with Crippen molar-refractivity contribution in [1.29, 1.82) is 0 Å². The molecule has 2 fully saturated rings. The molecule has 2 aliphatic rings. The van der Waals surface area contributed by atoms with Crippen molar-refractivity contribution in [2.75, 3.05) is 43.5 Å². The van der Waals surface area contributed by atoms with Crippen LogP contribution in [0.3, 0.4) is 0 Å². The molecule has 0 unspecified atom stereocenters.